The Kier molecular flexibility index (Phi) is 6.78. The summed E-state index contributed by atoms with van der Waals surface area (Å²) in [6, 6.07) is 71.1. The molecule has 3 nitrogen and oxygen atoms in total. The monoisotopic (exact) mass is 766 g/mol. The number of benzene rings is 10. The van der Waals surface area contributed by atoms with Crippen molar-refractivity contribution in [1.82, 2.24) is 4.57 Å². The number of anilines is 3. The summed E-state index contributed by atoms with van der Waals surface area (Å²) in [6.07, 6.45) is 0. The predicted octanol–water partition coefficient (Wildman–Crippen LogP) is 15.9. The highest BCUT2D eigenvalue weighted by atomic mass is 16.3. The molecule has 0 saturated carbocycles. The topological polar surface area (TPSA) is 21.3 Å². The van der Waals surface area contributed by atoms with Crippen LogP contribution >= 0.6 is 0 Å². The van der Waals surface area contributed by atoms with Crippen molar-refractivity contribution in [2.24, 2.45) is 0 Å². The number of aromatic nitrogens is 1. The van der Waals surface area contributed by atoms with Crippen LogP contribution in [-0.4, -0.2) is 4.57 Å². The third-order valence-corrected chi connectivity index (χ3v) is 13.3. The van der Waals surface area contributed by atoms with Gasteiger partial charge < -0.3 is 13.9 Å². The maximum absolute atomic E-state index is 6.74. The molecule has 0 saturated heterocycles. The Bertz CT molecular complexity index is 3680. The molecule has 1 aliphatic rings. The zero-order valence-corrected chi connectivity index (χ0v) is 33.3. The van der Waals surface area contributed by atoms with E-state index in [0.29, 0.717) is 0 Å². The molecule has 0 spiro atoms. The molecule has 10 aromatic carbocycles. The van der Waals surface area contributed by atoms with Gasteiger partial charge in [-0.1, -0.05) is 135 Å². The molecule has 0 fully saturated rings. The van der Waals surface area contributed by atoms with E-state index in [0.717, 1.165) is 28.2 Å². The van der Waals surface area contributed by atoms with Crippen molar-refractivity contribution in [1.29, 1.82) is 0 Å². The molecule has 0 bridgehead atoms. The number of para-hydroxylation sites is 2. The molecule has 2 aromatic heterocycles. The molecule has 2 heterocycles. The quantitative estimate of drug-likeness (QED) is 0.163. The Morgan fingerprint density at radius 1 is 0.400 bits per heavy atom. The maximum Gasteiger partial charge on any atom is 0.138 e. The standard InChI is InChI=1S/C57H38N2O/c1-57(2)49-20-10-8-17-43(49)44-29-28-39(33-50(44)57)58(40-32-48-42-16-7-6-15-41(42)46-19-12-22-53-55(46)56(48)54(34-40)60-53)38-26-23-35(24-27-38)36-25-30-52-47(31-36)45-18-9-11-21-51(45)59(52)37-13-4-3-5-14-37/h3-34H,1-2H3. The van der Waals surface area contributed by atoms with Crippen molar-refractivity contribution in [3.8, 4) is 27.9 Å². The van der Waals surface area contributed by atoms with Gasteiger partial charge in [-0.3, -0.25) is 0 Å². The van der Waals surface area contributed by atoms with E-state index in [1.54, 1.807) is 0 Å². The van der Waals surface area contributed by atoms with Crippen LogP contribution in [0.25, 0.3) is 93.2 Å². The lowest BCUT2D eigenvalue weighted by molar-refractivity contribution is 0.660. The van der Waals surface area contributed by atoms with Crippen LogP contribution in [0.3, 0.4) is 0 Å². The van der Waals surface area contributed by atoms with Crippen molar-refractivity contribution < 1.29 is 4.42 Å². The minimum absolute atomic E-state index is 0.135. The smallest absolute Gasteiger partial charge is 0.138 e. The van der Waals surface area contributed by atoms with Crippen LogP contribution in [0.5, 0.6) is 0 Å². The lowest BCUT2D eigenvalue weighted by atomic mass is 9.82. The molecule has 0 atom stereocenters. The molecule has 1 aliphatic carbocycles. The van der Waals surface area contributed by atoms with Crippen molar-refractivity contribution in [3.63, 3.8) is 0 Å². The summed E-state index contributed by atoms with van der Waals surface area (Å²) < 4.78 is 9.11. The fourth-order valence-electron chi connectivity index (χ4n) is 10.5. The van der Waals surface area contributed by atoms with Gasteiger partial charge in [0.1, 0.15) is 11.2 Å². The Balaban J connectivity index is 0.999. The van der Waals surface area contributed by atoms with Gasteiger partial charge in [0.2, 0.25) is 0 Å². The van der Waals surface area contributed by atoms with E-state index in [1.165, 1.54) is 93.2 Å². The first-order valence-corrected chi connectivity index (χ1v) is 20.8. The zero-order valence-electron chi connectivity index (χ0n) is 33.3. The highest BCUT2D eigenvalue weighted by molar-refractivity contribution is 6.33. The van der Waals surface area contributed by atoms with Gasteiger partial charge in [0.05, 0.1) is 16.7 Å². The van der Waals surface area contributed by atoms with Crippen LogP contribution in [0, 0.1) is 0 Å². The summed E-state index contributed by atoms with van der Waals surface area (Å²) in [5.41, 5.74) is 16.2. The van der Waals surface area contributed by atoms with Gasteiger partial charge in [0, 0.05) is 50.1 Å². The van der Waals surface area contributed by atoms with Gasteiger partial charge >= 0.3 is 0 Å². The van der Waals surface area contributed by atoms with Crippen molar-refractivity contribution >= 4 is 82.4 Å². The van der Waals surface area contributed by atoms with Crippen LogP contribution in [-0.2, 0) is 5.41 Å². The number of nitrogens with zero attached hydrogens (tertiary/aromatic N) is 2. The molecule has 0 N–H and O–H groups in total. The molecule has 0 radical (unpaired) electrons. The molecule has 3 heteroatoms. The lowest BCUT2D eigenvalue weighted by Gasteiger charge is -2.28. The van der Waals surface area contributed by atoms with Crippen molar-refractivity contribution in [3.05, 3.63) is 205 Å². The van der Waals surface area contributed by atoms with E-state index in [2.05, 4.69) is 217 Å². The zero-order chi connectivity index (χ0) is 39.7. The van der Waals surface area contributed by atoms with Crippen LogP contribution in [0.1, 0.15) is 25.0 Å². The second-order valence-electron chi connectivity index (χ2n) is 16.9. The highest BCUT2D eigenvalue weighted by Crippen LogP contribution is 2.52. The summed E-state index contributed by atoms with van der Waals surface area (Å²) in [5, 5.41) is 9.80. The average molecular weight is 767 g/mol. The first-order chi connectivity index (χ1) is 29.5. The first kappa shape index (κ1) is 33.4. The number of rotatable bonds is 5. The summed E-state index contributed by atoms with van der Waals surface area (Å²) in [6.45, 7) is 4.71. The minimum Gasteiger partial charge on any atom is -0.456 e. The fourth-order valence-corrected chi connectivity index (χ4v) is 10.5. The molecule has 13 rings (SSSR count). The molecular weight excluding hydrogens is 729 g/mol. The van der Waals surface area contributed by atoms with E-state index in [4.69, 9.17) is 4.42 Å². The number of hydrogen-bond acceptors (Lipinski definition) is 2. The average Bonchev–Trinajstić information content (AvgIpc) is 3.92. The third kappa shape index (κ3) is 4.60. The first-order valence-electron chi connectivity index (χ1n) is 20.8. The molecular formula is C57H38N2O. The van der Waals surface area contributed by atoms with Gasteiger partial charge in [0.25, 0.3) is 0 Å². The number of fused-ring (bicyclic) bond motifs is 9. The Morgan fingerprint density at radius 2 is 1.05 bits per heavy atom. The Hall–Kier alpha value is -7.62. The van der Waals surface area contributed by atoms with E-state index >= 15 is 0 Å². The van der Waals surface area contributed by atoms with Crippen LogP contribution in [0.2, 0.25) is 0 Å². The Labute approximate surface area is 347 Å². The van der Waals surface area contributed by atoms with E-state index in [-0.39, 0.29) is 5.41 Å². The molecule has 282 valence electrons. The van der Waals surface area contributed by atoms with Crippen molar-refractivity contribution in [2.75, 3.05) is 4.90 Å². The van der Waals surface area contributed by atoms with Gasteiger partial charge in [0.15, 0.2) is 0 Å². The van der Waals surface area contributed by atoms with Crippen LogP contribution < -0.4 is 4.90 Å². The fraction of sp³-hybridized carbons (Fsp3) is 0.0526. The summed E-state index contributed by atoms with van der Waals surface area (Å²) >= 11 is 0. The van der Waals surface area contributed by atoms with E-state index < -0.39 is 0 Å². The summed E-state index contributed by atoms with van der Waals surface area (Å²) in [5.74, 6) is 0. The van der Waals surface area contributed by atoms with Crippen molar-refractivity contribution in [2.45, 2.75) is 19.3 Å². The minimum atomic E-state index is -0.135. The van der Waals surface area contributed by atoms with Gasteiger partial charge in [-0.15, -0.1) is 0 Å². The van der Waals surface area contributed by atoms with Crippen LogP contribution in [0.15, 0.2) is 199 Å². The SMILES string of the molecule is CC1(C)c2ccccc2-c2ccc(N(c3ccc(-c4ccc5c(c4)c4ccccc4n5-c4ccccc4)cc3)c3cc4oc5cccc6c7ccccc7c(c3)c4c56)cc21. The van der Waals surface area contributed by atoms with Gasteiger partial charge in [-0.2, -0.15) is 0 Å². The normalized spacial score (nSPS) is 13.3. The predicted molar refractivity (Wildman–Crippen MR) is 252 cm³/mol. The van der Waals surface area contributed by atoms with Gasteiger partial charge in [-0.05, 0) is 122 Å². The third-order valence-electron chi connectivity index (χ3n) is 13.3. The molecule has 60 heavy (non-hydrogen) atoms. The number of furan rings is 1. The molecule has 0 amide bonds. The highest BCUT2D eigenvalue weighted by Gasteiger charge is 2.36. The molecule has 12 aromatic rings. The van der Waals surface area contributed by atoms with E-state index in [1.807, 2.05) is 0 Å². The molecule has 0 unspecified atom stereocenters. The number of hydrogen-bond donors (Lipinski definition) is 0. The van der Waals surface area contributed by atoms with Gasteiger partial charge in [-0.25, -0.2) is 0 Å². The Morgan fingerprint density at radius 3 is 1.90 bits per heavy atom. The molecule has 0 aliphatic heterocycles. The maximum atomic E-state index is 6.74. The lowest BCUT2D eigenvalue weighted by Crippen LogP contribution is -2.16. The second-order valence-corrected chi connectivity index (χ2v) is 16.9. The summed E-state index contributed by atoms with van der Waals surface area (Å²) in [7, 11) is 0. The summed E-state index contributed by atoms with van der Waals surface area (Å²) in [4.78, 5) is 2.42. The second kappa shape index (κ2) is 12.2. The largest absolute Gasteiger partial charge is 0.456 e. The van der Waals surface area contributed by atoms with E-state index in [9.17, 15) is 0 Å². The van der Waals surface area contributed by atoms with Crippen LogP contribution in [0.4, 0.5) is 17.1 Å².